The standard InChI is InChI=1S/C33H31FN6O5S/c1-20-7-9-23-24(10-11-26(34)30(23)39-46(41,42)22-8-12-28-29(17-22)44-19-43-28)31(20)45-32-25(6-4-15-36-32)27-13-16-37-33(38-27)40(2)21-5-3-14-35-18-21/h4,6-13,15-17,21,35,39H,3,5,14,18-19H2,1-2H3. The van der Waals surface area contributed by atoms with Crippen LogP contribution < -0.4 is 29.1 Å². The molecule has 1 fully saturated rings. The van der Waals surface area contributed by atoms with E-state index < -0.39 is 15.8 Å². The van der Waals surface area contributed by atoms with Crippen molar-refractivity contribution < 1.29 is 27.0 Å². The number of aromatic nitrogens is 3. The van der Waals surface area contributed by atoms with Gasteiger partial charge in [-0.15, -0.1) is 0 Å². The number of sulfonamides is 1. The number of nitrogens with zero attached hydrogens (tertiary/aromatic N) is 4. The Hall–Kier alpha value is -5.01. The number of nitrogens with one attached hydrogen (secondary N) is 2. The van der Waals surface area contributed by atoms with Gasteiger partial charge in [-0.3, -0.25) is 4.72 Å². The van der Waals surface area contributed by atoms with Crippen LogP contribution in [0.4, 0.5) is 16.0 Å². The van der Waals surface area contributed by atoms with E-state index in [1.807, 2.05) is 20.0 Å². The van der Waals surface area contributed by atoms with E-state index in [1.165, 1.54) is 24.3 Å². The zero-order valence-corrected chi connectivity index (χ0v) is 26.0. The van der Waals surface area contributed by atoms with Gasteiger partial charge in [0, 0.05) is 48.9 Å². The molecule has 1 saturated heterocycles. The summed E-state index contributed by atoms with van der Waals surface area (Å²) in [5, 5.41) is 4.24. The van der Waals surface area contributed by atoms with Crippen LogP contribution in [-0.4, -0.2) is 56.3 Å². The summed E-state index contributed by atoms with van der Waals surface area (Å²) in [5.74, 6) is 1.28. The van der Waals surface area contributed by atoms with E-state index in [0.29, 0.717) is 45.2 Å². The maximum absolute atomic E-state index is 15.3. The summed E-state index contributed by atoms with van der Waals surface area (Å²) in [4.78, 5) is 15.9. The average Bonchev–Trinajstić information content (AvgIpc) is 3.56. The average molecular weight is 643 g/mol. The zero-order chi connectivity index (χ0) is 31.8. The Morgan fingerprint density at radius 1 is 1.02 bits per heavy atom. The maximum Gasteiger partial charge on any atom is 0.262 e. The Balaban J connectivity index is 1.23. The van der Waals surface area contributed by atoms with Crippen LogP contribution in [0.3, 0.4) is 0 Å². The first-order valence-electron chi connectivity index (χ1n) is 14.8. The molecule has 2 N–H and O–H groups in total. The summed E-state index contributed by atoms with van der Waals surface area (Å²) in [6.45, 7) is 3.72. The first kappa shape index (κ1) is 29.7. The Bertz CT molecular complexity index is 2050. The van der Waals surface area contributed by atoms with Crippen molar-refractivity contribution in [2.45, 2.75) is 30.7 Å². The maximum atomic E-state index is 15.3. The van der Waals surface area contributed by atoms with Crippen LogP contribution in [0.15, 0.2) is 78.0 Å². The number of fused-ring (bicyclic) bond motifs is 2. The Labute approximate surface area is 265 Å². The van der Waals surface area contributed by atoms with Crippen molar-refractivity contribution in [2.75, 3.05) is 36.6 Å². The fourth-order valence-corrected chi connectivity index (χ4v) is 6.80. The Kier molecular flexibility index (Phi) is 7.79. The molecule has 0 radical (unpaired) electrons. The largest absolute Gasteiger partial charge is 0.454 e. The van der Waals surface area contributed by atoms with Crippen LogP contribution >= 0.6 is 0 Å². The molecule has 46 heavy (non-hydrogen) atoms. The highest BCUT2D eigenvalue weighted by Crippen LogP contribution is 2.41. The monoisotopic (exact) mass is 642 g/mol. The van der Waals surface area contributed by atoms with Crippen molar-refractivity contribution >= 4 is 32.4 Å². The summed E-state index contributed by atoms with van der Waals surface area (Å²) in [7, 11) is -2.20. The SMILES string of the molecule is Cc1ccc2c(NS(=O)(=O)c3ccc4c(c3)OCO4)c(F)ccc2c1Oc1ncccc1-c1ccnc(N(C)C2CCCNC2)n1. The number of likely N-dealkylation sites (N-methyl/N-ethyl adjacent to an activating group) is 1. The molecule has 4 heterocycles. The molecule has 0 bridgehead atoms. The minimum Gasteiger partial charge on any atom is -0.454 e. The highest BCUT2D eigenvalue weighted by atomic mass is 32.2. The summed E-state index contributed by atoms with van der Waals surface area (Å²) < 4.78 is 61.6. The quantitative estimate of drug-likeness (QED) is 0.219. The van der Waals surface area contributed by atoms with Gasteiger partial charge < -0.3 is 24.4 Å². The second kappa shape index (κ2) is 12.1. The molecule has 2 aromatic heterocycles. The fraction of sp³-hybridized carbons (Fsp3) is 0.242. The van der Waals surface area contributed by atoms with Gasteiger partial charge in [0.25, 0.3) is 10.0 Å². The number of pyridine rings is 1. The van der Waals surface area contributed by atoms with Gasteiger partial charge in [-0.25, -0.2) is 27.8 Å². The number of anilines is 2. The van der Waals surface area contributed by atoms with Gasteiger partial charge in [-0.1, -0.05) is 12.1 Å². The van der Waals surface area contributed by atoms with Crippen molar-refractivity contribution in [1.82, 2.24) is 20.3 Å². The van der Waals surface area contributed by atoms with E-state index in [2.05, 4.69) is 24.9 Å². The van der Waals surface area contributed by atoms with Crippen LogP contribution in [0.25, 0.3) is 22.0 Å². The number of rotatable bonds is 8. The molecule has 3 aromatic carbocycles. The highest BCUT2D eigenvalue weighted by Gasteiger charge is 2.25. The molecule has 236 valence electrons. The van der Waals surface area contributed by atoms with Gasteiger partial charge in [-0.2, -0.15) is 0 Å². The van der Waals surface area contributed by atoms with E-state index >= 15 is 4.39 Å². The molecule has 13 heteroatoms. The van der Waals surface area contributed by atoms with Crippen LogP contribution in [0.5, 0.6) is 23.1 Å². The molecular weight excluding hydrogens is 611 g/mol. The predicted molar refractivity (Wildman–Crippen MR) is 172 cm³/mol. The lowest BCUT2D eigenvalue weighted by atomic mass is 10.0. The summed E-state index contributed by atoms with van der Waals surface area (Å²) in [5.41, 5.74) is 1.81. The van der Waals surface area contributed by atoms with Gasteiger partial charge >= 0.3 is 0 Å². The highest BCUT2D eigenvalue weighted by molar-refractivity contribution is 7.92. The molecule has 7 rings (SSSR count). The van der Waals surface area contributed by atoms with Crippen molar-refractivity contribution in [3.8, 4) is 34.4 Å². The molecule has 2 aliphatic rings. The van der Waals surface area contributed by atoms with Gasteiger partial charge in [0.1, 0.15) is 11.6 Å². The normalized spacial score (nSPS) is 15.9. The van der Waals surface area contributed by atoms with Gasteiger partial charge in [0.2, 0.25) is 18.6 Å². The molecule has 0 spiro atoms. The number of aryl methyl sites for hydroxylation is 1. The smallest absolute Gasteiger partial charge is 0.262 e. The van der Waals surface area contributed by atoms with Crippen molar-refractivity contribution in [1.29, 1.82) is 0 Å². The second-order valence-electron chi connectivity index (χ2n) is 11.2. The number of hydrogen-bond donors (Lipinski definition) is 2. The lowest BCUT2D eigenvalue weighted by molar-refractivity contribution is 0.174. The van der Waals surface area contributed by atoms with Crippen LogP contribution in [0.1, 0.15) is 18.4 Å². The molecule has 0 amide bonds. The molecule has 5 aromatic rings. The molecule has 0 saturated carbocycles. The van der Waals surface area contributed by atoms with Crippen molar-refractivity contribution in [2.24, 2.45) is 0 Å². The van der Waals surface area contributed by atoms with E-state index in [1.54, 1.807) is 42.7 Å². The van der Waals surface area contributed by atoms with E-state index in [0.717, 1.165) is 31.5 Å². The summed E-state index contributed by atoms with van der Waals surface area (Å²) >= 11 is 0. The number of hydrogen-bond acceptors (Lipinski definition) is 10. The van der Waals surface area contributed by atoms with Gasteiger partial charge in [0.05, 0.1) is 21.8 Å². The number of halogens is 1. The zero-order valence-electron chi connectivity index (χ0n) is 25.2. The Morgan fingerprint density at radius 3 is 2.72 bits per heavy atom. The molecule has 1 atom stereocenters. The number of piperidine rings is 1. The first-order valence-corrected chi connectivity index (χ1v) is 16.3. The number of ether oxygens (including phenoxy) is 3. The lowest BCUT2D eigenvalue weighted by Gasteiger charge is -2.31. The second-order valence-corrected chi connectivity index (χ2v) is 12.8. The van der Waals surface area contributed by atoms with Crippen molar-refractivity contribution in [3.63, 3.8) is 0 Å². The molecule has 2 aliphatic heterocycles. The third kappa shape index (κ3) is 5.63. The summed E-state index contributed by atoms with van der Waals surface area (Å²) in [6.07, 6.45) is 5.47. The van der Waals surface area contributed by atoms with E-state index in [9.17, 15) is 8.42 Å². The van der Waals surface area contributed by atoms with Gasteiger partial charge in [0.15, 0.2) is 11.5 Å². The Morgan fingerprint density at radius 2 is 1.87 bits per heavy atom. The van der Waals surface area contributed by atoms with Crippen LogP contribution in [0.2, 0.25) is 0 Å². The predicted octanol–water partition coefficient (Wildman–Crippen LogP) is 5.65. The van der Waals surface area contributed by atoms with Crippen LogP contribution in [0, 0.1) is 12.7 Å². The fourth-order valence-electron chi connectivity index (χ4n) is 5.70. The minimum atomic E-state index is -4.19. The third-order valence-electron chi connectivity index (χ3n) is 8.21. The van der Waals surface area contributed by atoms with Gasteiger partial charge in [-0.05, 0) is 74.3 Å². The first-order chi connectivity index (χ1) is 22.3. The topological polar surface area (TPSA) is 128 Å². The third-order valence-corrected chi connectivity index (χ3v) is 9.56. The van der Waals surface area contributed by atoms with Crippen LogP contribution in [-0.2, 0) is 10.0 Å². The van der Waals surface area contributed by atoms with E-state index in [-0.39, 0.29) is 29.3 Å². The van der Waals surface area contributed by atoms with E-state index in [4.69, 9.17) is 19.2 Å². The lowest BCUT2D eigenvalue weighted by Crippen LogP contribution is -2.44. The summed E-state index contributed by atoms with van der Waals surface area (Å²) in [6, 6.07) is 16.1. The molecule has 1 unspecified atom stereocenters. The minimum absolute atomic E-state index is 0.00204. The molecular formula is C33H31FN6O5S. The molecule has 11 nitrogen and oxygen atoms in total. The van der Waals surface area contributed by atoms with Crippen molar-refractivity contribution in [3.05, 3.63) is 84.4 Å². The number of benzene rings is 3. The molecule has 0 aliphatic carbocycles.